The van der Waals surface area contributed by atoms with Crippen molar-refractivity contribution in [3.05, 3.63) is 60.8 Å². The Hall–Kier alpha value is -3.72. The second-order valence-corrected chi connectivity index (χ2v) is 8.68. The molecule has 0 unspecified atom stereocenters. The summed E-state index contributed by atoms with van der Waals surface area (Å²) < 4.78 is 38.1. The lowest BCUT2D eigenvalue weighted by Gasteiger charge is -2.18. The summed E-state index contributed by atoms with van der Waals surface area (Å²) in [5, 5.41) is 4.81. The number of nitrogens with zero attached hydrogens (tertiary/aromatic N) is 4. The summed E-state index contributed by atoms with van der Waals surface area (Å²) in [6.45, 7) is -1.13. The van der Waals surface area contributed by atoms with Crippen LogP contribution in [0.15, 0.2) is 60.8 Å². The number of aromatic nitrogens is 3. The van der Waals surface area contributed by atoms with Crippen LogP contribution in [-0.4, -0.2) is 48.0 Å². The molecule has 0 spiro atoms. The molecule has 35 heavy (non-hydrogen) atoms. The van der Waals surface area contributed by atoms with Gasteiger partial charge in [0.05, 0.1) is 18.0 Å². The Morgan fingerprint density at radius 1 is 1.09 bits per heavy atom. The Morgan fingerprint density at radius 2 is 1.94 bits per heavy atom. The molecule has 4 aromatic rings. The quantitative estimate of drug-likeness (QED) is 0.350. The van der Waals surface area contributed by atoms with E-state index in [0.717, 1.165) is 47.6 Å². The summed E-state index contributed by atoms with van der Waals surface area (Å²) in [7, 11) is 2.00. The van der Waals surface area contributed by atoms with Crippen molar-refractivity contribution in [3.8, 4) is 34.0 Å². The summed E-state index contributed by atoms with van der Waals surface area (Å²) in [4.78, 5) is 6.56. The number of alkyl halides is 2. The first kappa shape index (κ1) is 23.0. The van der Waals surface area contributed by atoms with Crippen molar-refractivity contribution in [1.82, 2.24) is 14.6 Å². The largest absolute Gasteiger partial charge is 0.489 e. The number of nitrogens with two attached hydrogens (primary N) is 1. The fourth-order valence-corrected chi connectivity index (χ4v) is 3.95. The number of anilines is 1. The highest BCUT2D eigenvalue weighted by molar-refractivity contribution is 5.72. The zero-order valence-electron chi connectivity index (χ0n) is 19.4. The molecule has 1 fully saturated rings. The minimum atomic E-state index is -2.93. The van der Waals surface area contributed by atoms with Crippen LogP contribution in [0.5, 0.6) is 11.5 Å². The van der Waals surface area contributed by atoms with Crippen LogP contribution in [-0.2, 0) is 0 Å². The minimum absolute atomic E-state index is 0.0225. The van der Waals surface area contributed by atoms with Crippen molar-refractivity contribution in [2.24, 2.45) is 11.7 Å². The Kier molecular flexibility index (Phi) is 6.50. The molecule has 2 aromatic carbocycles. The van der Waals surface area contributed by atoms with Gasteiger partial charge >= 0.3 is 6.61 Å². The maximum atomic E-state index is 12.9. The molecule has 0 saturated heterocycles. The summed E-state index contributed by atoms with van der Waals surface area (Å²) in [5.41, 5.74) is 10.7. The third-order valence-corrected chi connectivity index (χ3v) is 6.03. The van der Waals surface area contributed by atoms with Gasteiger partial charge in [0.25, 0.3) is 0 Å². The molecule has 0 aliphatic heterocycles. The predicted molar refractivity (Wildman–Crippen MR) is 131 cm³/mol. The van der Waals surface area contributed by atoms with Crippen molar-refractivity contribution in [2.45, 2.75) is 19.5 Å². The van der Waals surface area contributed by atoms with Gasteiger partial charge in [0.1, 0.15) is 0 Å². The molecule has 2 aromatic heterocycles. The predicted octanol–water partition coefficient (Wildman–Crippen LogP) is 4.85. The monoisotopic (exact) mass is 479 g/mol. The van der Waals surface area contributed by atoms with E-state index in [4.69, 9.17) is 15.6 Å². The molecule has 7 nitrogen and oxygen atoms in total. The van der Waals surface area contributed by atoms with E-state index in [0.29, 0.717) is 30.5 Å². The highest BCUT2D eigenvalue weighted by atomic mass is 19.3. The van der Waals surface area contributed by atoms with E-state index in [1.54, 1.807) is 22.8 Å². The fourth-order valence-electron chi connectivity index (χ4n) is 3.95. The Bertz CT molecular complexity index is 1320. The summed E-state index contributed by atoms with van der Waals surface area (Å²) in [6, 6.07) is 16.8. The van der Waals surface area contributed by atoms with Crippen molar-refractivity contribution >= 4 is 11.3 Å². The van der Waals surface area contributed by atoms with Crippen LogP contribution in [0.25, 0.3) is 28.2 Å². The average molecular weight is 480 g/mol. The summed E-state index contributed by atoms with van der Waals surface area (Å²) in [6.07, 6.45) is 3.89. The molecular weight excluding hydrogens is 452 g/mol. The van der Waals surface area contributed by atoms with Gasteiger partial charge in [-0.3, -0.25) is 0 Å². The number of hydrogen-bond acceptors (Lipinski definition) is 6. The molecule has 1 aliphatic rings. The number of benzene rings is 2. The van der Waals surface area contributed by atoms with E-state index >= 15 is 0 Å². The number of fused-ring (bicyclic) bond motifs is 1. The van der Waals surface area contributed by atoms with Gasteiger partial charge in [-0.15, -0.1) is 0 Å². The summed E-state index contributed by atoms with van der Waals surface area (Å²) >= 11 is 0. The first-order valence-electron chi connectivity index (χ1n) is 11.6. The van der Waals surface area contributed by atoms with Crippen molar-refractivity contribution in [1.29, 1.82) is 0 Å². The van der Waals surface area contributed by atoms with Crippen LogP contribution < -0.4 is 20.1 Å². The molecular formula is C26H27F2N5O2. The van der Waals surface area contributed by atoms with E-state index in [2.05, 4.69) is 20.7 Å². The number of halogens is 2. The van der Waals surface area contributed by atoms with E-state index in [1.807, 2.05) is 37.4 Å². The lowest BCUT2D eigenvalue weighted by molar-refractivity contribution is -0.0515. The Morgan fingerprint density at radius 3 is 2.71 bits per heavy atom. The molecule has 0 atom stereocenters. The standard InChI is InChI=1S/C26H27F2N5O2/c1-32(12-10-29)20-4-2-3-18(13-20)21-15-25-30-11-9-22(33(25)31-21)19-7-8-23(35-26(27)28)24(14-19)34-16-17-5-6-17/h2-4,7-9,11,13-15,17,26H,5-6,10,12,16,29H2,1H3. The molecule has 1 saturated carbocycles. The van der Waals surface area contributed by atoms with Gasteiger partial charge in [0.15, 0.2) is 17.1 Å². The Balaban J connectivity index is 1.51. The molecule has 1 aliphatic carbocycles. The molecule has 9 heteroatoms. The fraction of sp³-hybridized carbons (Fsp3) is 0.308. The molecule has 0 bridgehead atoms. The number of rotatable bonds is 10. The highest BCUT2D eigenvalue weighted by Crippen LogP contribution is 2.36. The first-order chi connectivity index (χ1) is 17.0. The second kappa shape index (κ2) is 9.87. The molecule has 0 radical (unpaired) electrons. The third-order valence-electron chi connectivity index (χ3n) is 6.03. The zero-order chi connectivity index (χ0) is 24.4. The molecule has 2 N–H and O–H groups in total. The normalized spacial score (nSPS) is 13.4. The van der Waals surface area contributed by atoms with E-state index in [1.165, 1.54) is 6.07 Å². The molecule has 182 valence electrons. The zero-order valence-corrected chi connectivity index (χ0v) is 19.4. The van der Waals surface area contributed by atoms with Crippen molar-refractivity contribution in [3.63, 3.8) is 0 Å². The van der Waals surface area contributed by atoms with Gasteiger partial charge in [-0.1, -0.05) is 12.1 Å². The molecule has 2 heterocycles. The number of hydrogen-bond donors (Lipinski definition) is 1. The molecule has 5 rings (SSSR count). The van der Waals surface area contributed by atoms with Gasteiger partial charge in [-0.05, 0) is 55.2 Å². The van der Waals surface area contributed by atoms with Gasteiger partial charge in [-0.25, -0.2) is 9.50 Å². The number of likely N-dealkylation sites (N-methyl/N-ethyl adjacent to an activating group) is 1. The maximum absolute atomic E-state index is 12.9. The van der Waals surface area contributed by atoms with E-state index < -0.39 is 6.61 Å². The van der Waals surface area contributed by atoms with Crippen LogP contribution in [0.3, 0.4) is 0 Å². The maximum Gasteiger partial charge on any atom is 0.387 e. The highest BCUT2D eigenvalue weighted by Gasteiger charge is 2.23. The van der Waals surface area contributed by atoms with Gasteiger partial charge < -0.3 is 20.1 Å². The lowest BCUT2D eigenvalue weighted by atomic mass is 10.1. The van der Waals surface area contributed by atoms with Crippen LogP contribution in [0.4, 0.5) is 14.5 Å². The first-order valence-corrected chi connectivity index (χ1v) is 11.6. The van der Waals surface area contributed by atoms with Crippen LogP contribution in [0, 0.1) is 5.92 Å². The lowest BCUT2D eigenvalue weighted by Crippen LogP contribution is -2.24. The van der Waals surface area contributed by atoms with E-state index in [9.17, 15) is 8.78 Å². The molecule has 0 amide bonds. The Labute approximate surface area is 202 Å². The van der Waals surface area contributed by atoms with Crippen molar-refractivity contribution < 1.29 is 18.3 Å². The third kappa shape index (κ3) is 5.19. The van der Waals surface area contributed by atoms with Crippen LogP contribution >= 0.6 is 0 Å². The number of ether oxygens (including phenoxy) is 2. The van der Waals surface area contributed by atoms with Crippen molar-refractivity contribution in [2.75, 3.05) is 31.6 Å². The topological polar surface area (TPSA) is 77.9 Å². The minimum Gasteiger partial charge on any atom is -0.489 e. The smallest absolute Gasteiger partial charge is 0.387 e. The SMILES string of the molecule is CN(CCN)c1cccc(-c2cc3nccc(-c4ccc(OC(F)F)c(OCC5CC5)c4)n3n2)c1. The van der Waals surface area contributed by atoms with Gasteiger partial charge in [0.2, 0.25) is 0 Å². The average Bonchev–Trinajstić information content (AvgIpc) is 3.58. The van der Waals surface area contributed by atoms with E-state index in [-0.39, 0.29) is 5.75 Å². The summed E-state index contributed by atoms with van der Waals surface area (Å²) in [5.74, 6) is 0.788. The van der Waals surface area contributed by atoms with Crippen LogP contribution in [0.2, 0.25) is 0 Å². The van der Waals surface area contributed by atoms with Crippen LogP contribution in [0.1, 0.15) is 12.8 Å². The second-order valence-electron chi connectivity index (χ2n) is 8.68. The van der Waals surface area contributed by atoms with Gasteiger partial charge in [-0.2, -0.15) is 13.9 Å². The van der Waals surface area contributed by atoms with Gasteiger partial charge in [0, 0.05) is 49.2 Å².